The first-order valence-corrected chi connectivity index (χ1v) is 7.47. The molecule has 18 heavy (non-hydrogen) atoms. The normalized spacial score (nSPS) is 25.0. The van der Waals surface area contributed by atoms with Gasteiger partial charge in [0.25, 0.3) is 0 Å². The molecular formula is C14H18BrFN2. The number of anilines is 1. The highest BCUT2D eigenvalue weighted by atomic mass is 79.9. The molecule has 0 radical (unpaired) electrons. The molecule has 0 aliphatic carbocycles. The molecular weight excluding hydrogens is 295 g/mol. The van der Waals surface area contributed by atoms with Crippen molar-refractivity contribution in [1.82, 2.24) is 4.90 Å². The lowest BCUT2D eigenvalue weighted by Crippen LogP contribution is -2.55. The topological polar surface area (TPSA) is 6.48 Å². The molecule has 2 heterocycles. The lowest BCUT2D eigenvalue weighted by Gasteiger charge is -2.45. The molecule has 2 aliphatic rings. The highest BCUT2D eigenvalue weighted by Crippen LogP contribution is 2.30. The average Bonchev–Trinajstić information content (AvgIpc) is 2.38. The second-order valence-corrected chi connectivity index (χ2v) is 6.08. The van der Waals surface area contributed by atoms with E-state index in [0.29, 0.717) is 6.04 Å². The van der Waals surface area contributed by atoms with Crippen molar-refractivity contribution in [2.45, 2.75) is 25.3 Å². The third kappa shape index (κ3) is 2.41. The van der Waals surface area contributed by atoms with Gasteiger partial charge in [-0.3, -0.25) is 4.90 Å². The summed E-state index contributed by atoms with van der Waals surface area (Å²) >= 11 is 3.48. The number of piperidine rings is 1. The predicted octanol–water partition coefficient (Wildman–Crippen LogP) is 3.26. The summed E-state index contributed by atoms with van der Waals surface area (Å²) in [5.74, 6) is -0.179. The monoisotopic (exact) mass is 312 g/mol. The van der Waals surface area contributed by atoms with E-state index in [9.17, 15) is 4.39 Å². The molecule has 0 saturated carbocycles. The molecule has 2 fully saturated rings. The van der Waals surface area contributed by atoms with Crippen molar-refractivity contribution < 1.29 is 4.39 Å². The van der Waals surface area contributed by atoms with Gasteiger partial charge in [-0.25, -0.2) is 4.39 Å². The smallest absolute Gasteiger partial charge is 0.124 e. The van der Waals surface area contributed by atoms with Gasteiger partial charge in [-0.05, 0) is 53.5 Å². The van der Waals surface area contributed by atoms with Crippen molar-refractivity contribution >= 4 is 21.6 Å². The lowest BCUT2D eigenvalue weighted by atomic mass is 9.99. The summed E-state index contributed by atoms with van der Waals surface area (Å²) in [4.78, 5) is 4.99. The fraction of sp³-hybridized carbons (Fsp3) is 0.571. The van der Waals surface area contributed by atoms with Crippen LogP contribution in [0.2, 0.25) is 0 Å². The second-order valence-electron chi connectivity index (χ2n) is 5.23. The second kappa shape index (κ2) is 5.17. The molecule has 0 spiro atoms. The molecule has 0 N–H and O–H groups in total. The van der Waals surface area contributed by atoms with Gasteiger partial charge < -0.3 is 4.90 Å². The number of rotatable bonds is 1. The fourth-order valence-corrected chi connectivity index (χ4v) is 3.71. The number of benzene rings is 1. The Morgan fingerprint density at radius 1 is 1.17 bits per heavy atom. The van der Waals surface area contributed by atoms with Crippen LogP contribution in [0.5, 0.6) is 0 Å². The van der Waals surface area contributed by atoms with Crippen LogP contribution in [-0.2, 0) is 0 Å². The zero-order valence-corrected chi connectivity index (χ0v) is 12.0. The van der Waals surface area contributed by atoms with Crippen molar-refractivity contribution in [3.63, 3.8) is 0 Å². The Bertz CT molecular complexity index is 438. The van der Waals surface area contributed by atoms with Crippen molar-refractivity contribution in [3.8, 4) is 0 Å². The maximum absolute atomic E-state index is 13.1. The van der Waals surface area contributed by atoms with E-state index >= 15 is 0 Å². The first-order chi connectivity index (χ1) is 8.74. The molecule has 2 saturated heterocycles. The third-order valence-corrected chi connectivity index (χ3v) is 4.72. The lowest BCUT2D eigenvalue weighted by molar-refractivity contribution is 0.133. The molecule has 1 aromatic rings. The minimum Gasteiger partial charge on any atom is -0.368 e. The van der Waals surface area contributed by atoms with Gasteiger partial charge in [0.15, 0.2) is 0 Å². The number of hydrogen-bond donors (Lipinski definition) is 0. The molecule has 0 amide bonds. The minimum absolute atomic E-state index is 0.179. The van der Waals surface area contributed by atoms with Gasteiger partial charge >= 0.3 is 0 Å². The Morgan fingerprint density at radius 2 is 2.06 bits per heavy atom. The fourth-order valence-electron chi connectivity index (χ4n) is 3.11. The number of hydrogen-bond acceptors (Lipinski definition) is 2. The van der Waals surface area contributed by atoms with Crippen LogP contribution in [0.25, 0.3) is 0 Å². The van der Waals surface area contributed by atoms with E-state index in [1.807, 2.05) is 6.07 Å². The van der Waals surface area contributed by atoms with E-state index in [0.717, 1.165) is 29.8 Å². The van der Waals surface area contributed by atoms with E-state index in [2.05, 4.69) is 25.7 Å². The van der Waals surface area contributed by atoms with E-state index in [4.69, 9.17) is 0 Å². The van der Waals surface area contributed by atoms with Crippen molar-refractivity contribution in [3.05, 3.63) is 28.5 Å². The Labute approximate surface area is 116 Å². The first kappa shape index (κ1) is 12.4. The maximum Gasteiger partial charge on any atom is 0.124 e. The largest absolute Gasteiger partial charge is 0.368 e. The van der Waals surface area contributed by atoms with Crippen LogP contribution in [0.3, 0.4) is 0 Å². The number of nitrogens with zero attached hydrogens (tertiary/aromatic N) is 2. The van der Waals surface area contributed by atoms with Gasteiger partial charge in [0.05, 0.1) is 5.69 Å². The summed E-state index contributed by atoms with van der Waals surface area (Å²) in [5.41, 5.74) is 1.13. The summed E-state index contributed by atoms with van der Waals surface area (Å²) in [5, 5.41) is 0. The van der Waals surface area contributed by atoms with Crippen LogP contribution >= 0.6 is 15.9 Å². The van der Waals surface area contributed by atoms with Gasteiger partial charge in [-0.1, -0.05) is 6.42 Å². The summed E-state index contributed by atoms with van der Waals surface area (Å²) in [7, 11) is 0. The average molecular weight is 313 g/mol. The minimum atomic E-state index is -0.179. The SMILES string of the molecule is Fc1ccc(N2CCN3CCCCC3C2)c(Br)c1. The molecule has 1 atom stereocenters. The van der Waals surface area contributed by atoms with Crippen molar-refractivity contribution in [2.75, 3.05) is 31.1 Å². The molecule has 2 aliphatic heterocycles. The van der Waals surface area contributed by atoms with Crippen LogP contribution < -0.4 is 4.90 Å². The van der Waals surface area contributed by atoms with Gasteiger partial charge in [-0.15, -0.1) is 0 Å². The standard InChI is InChI=1S/C14H18BrFN2/c15-13-9-11(16)4-5-14(13)18-8-7-17-6-2-1-3-12(17)10-18/h4-5,9,12H,1-3,6-8,10H2. The summed E-state index contributed by atoms with van der Waals surface area (Å²) in [6.45, 7) is 4.50. The Kier molecular flexibility index (Phi) is 3.57. The predicted molar refractivity (Wildman–Crippen MR) is 75.5 cm³/mol. The zero-order valence-electron chi connectivity index (χ0n) is 10.4. The highest BCUT2D eigenvalue weighted by molar-refractivity contribution is 9.10. The molecule has 0 aromatic heterocycles. The number of halogens is 2. The Hall–Kier alpha value is -0.610. The first-order valence-electron chi connectivity index (χ1n) is 6.68. The molecule has 1 aromatic carbocycles. The number of piperazine rings is 1. The Balaban J connectivity index is 1.77. The van der Waals surface area contributed by atoms with Crippen LogP contribution in [0.1, 0.15) is 19.3 Å². The summed E-state index contributed by atoms with van der Waals surface area (Å²) in [6, 6.07) is 5.68. The van der Waals surface area contributed by atoms with Crippen molar-refractivity contribution in [1.29, 1.82) is 0 Å². The molecule has 2 nitrogen and oxygen atoms in total. The van der Waals surface area contributed by atoms with Crippen molar-refractivity contribution in [2.24, 2.45) is 0 Å². The van der Waals surface area contributed by atoms with Crippen LogP contribution in [0, 0.1) is 5.82 Å². The highest BCUT2D eigenvalue weighted by Gasteiger charge is 2.29. The van der Waals surface area contributed by atoms with E-state index in [1.165, 1.54) is 25.8 Å². The summed E-state index contributed by atoms with van der Waals surface area (Å²) < 4.78 is 14.0. The van der Waals surface area contributed by atoms with Gasteiger partial charge in [-0.2, -0.15) is 0 Å². The van der Waals surface area contributed by atoms with Crippen LogP contribution in [-0.4, -0.2) is 37.1 Å². The zero-order chi connectivity index (χ0) is 12.5. The quantitative estimate of drug-likeness (QED) is 0.785. The van der Waals surface area contributed by atoms with Crippen LogP contribution in [0.4, 0.5) is 10.1 Å². The van der Waals surface area contributed by atoms with Gasteiger partial charge in [0.2, 0.25) is 0 Å². The summed E-state index contributed by atoms with van der Waals surface area (Å²) in [6.07, 6.45) is 3.99. The third-order valence-electron chi connectivity index (χ3n) is 4.09. The maximum atomic E-state index is 13.1. The number of fused-ring (bicyclic) bond motifs is 1. The van der Waals surface area contributed by atoms with E-state index in [1.54, 1.807) is 12.1 Å². The molecule has 0 bridgehead atoms. The molecule has 4 heteroatoms. The van der Waals surface area contributed by atoms with Crippen LogP contribution in [0.15, 0.2) is 22.7 Å². The van der Waals surface area contributed by atoms with E-state index in [-0.39, 0.29) is 5.82 Å². The van der Waals surface area contributed by atoms with Gasteiger partial charge in [0.1, 0.15) is 5.82 Å². The Morgan fingerprint density at radius 3 is 2.89 bits per heavy atom. The van der Waals surface area contributed by atoms with Gasteiger partial charge in [0, 0.05) is 30.1 Å². The van der Waals surface area contributed by atoms with E-state index < -0.39 is 0 Å². The molecule has 98 valence electrons. The molecule has 1 unspecified atom stereocenters. The molecule has 3 rings (SSSR count).